The molecule has 0 spiro atoms. The summed E-state index contributed by atoms with van der Waals surface area (Å²) in [7, 11) is -4.52. The summed E-state index contributed by atoms with van der Waals surface area (Å²) in [5.74, 6) is -1.85. The molecule has 0 aliphatic carbocycles. The molecular formula is C5H9F3O2Si. The Morgan fingerprint density at radius 2 is 2.00 bits per heavy atom. The SMILES string of the molecule is COC(=O)C(C)C[Si](F)(F)F. The van der Waals surface area contributed by atoms with Crippen molar-refractivity contribution in [1.29, 1.82) is 0 Å². The van der Waals surface area contributed by atoms with Crippen LogP contribution in [0.25, 0.3) is 0 Å². The van der Waals surface area contributed by atoms with E-state index in [4.69, 9.17) is 0 Å². The number of esters is 1. The zero-order valence-corrected chi connectivity index (χ0v) is 7.23. The topological polar surface area (TPSA) is 26.3 Å². The van der Waals surface area contributed by atoms with Crippen molar-refractivity contribution in [1.82, 2.24) is 0 Å². The van der Waals surface area contributed by atoms with Crippen LogP contribution in [0.4, 0.5) is 12.3 Å². The standard InChI is InChI=1S/C5H9F3O2Si/c1-4(5(9)10-2)3-11(6,7)8/h4H,3H2,1-2H3. The maximum Gasteiger partial charge on any atom is 0.616 e. The first-order valence-corrected chi connectivity index (χ1v) is 4.85. The van der Waals surface area contributed by atoms with Crippen molar-refractivity contribution >= 4 is 15.0 Å². The molecular weight excluding hydrogens is 177 g/mol. The van der Waals surface area contributed by atoms with Crippen molar-refractivity contribution in [2.45, 2.75) is 13.0 Å². The molecule has 1 unspecified atom stereocenters. The van der Waals surface area contributed by atoms with Crippen molar-refractivity contribution in [2.24, 2.45) is 5.92 Å². The monoisotopic (exact) mass is 186 g/mol. The highest BCUT2D eigenvalue weighted by atomic mass is 28.5. The molecule has 0 aromatic carbocycles. The van der Waals surface area contributed by atoms with E-state index in [2.05, 4.69) is 4.74 Å². The maximum absolute atomic E-state index is 11.7. The van der Waals surface area contributed by atoms with Gasteiger partial charge in [-0.15, -0.1) is 0 Å². The molecule has 0 bridgehead atoms. The average molecular weight is 186 g/mol. The van der Waals surface area contributed by atoms with E-state index in [0.717, 1.165) is 7.11 Å². The van der Waals surface area contributed by atoms with Gasteiger partial charge in [-0.3, -0.25) is 4.79 Å². The smallest absolute Gasteiger partial charge is 0.469 e. The van der Waals surface area contributed by atoms with E-state index < -0.39 is 27.0 Å². The summed E-state index contributed by atoms with van der Waals surface area (Å²) in [6, 6.07) is -0.986. The molecule has 0 rings (SSSR count). The van der Waals surface area contributed by atoms with Gasteiger partial charge in [0, 0.05) is 6.04 Å². The summed E-state index contributed by atoms with van der Waals surface area (Å²) in [5.41, 5.74) is 0. The van der Waals surface area contributed by atoms with Crippen LogP contribution in [-0.2, 0) is 9.53 Å². The number of carbonyl (C=O) groups is 1. The highest BCUT2D eigenvalue weighted by molar-refractivity contribution is 6.58. The Morgan fingerprint density at radius 3 is 2.27 bits per heavy atom. The first-order valence-electron chi connectivity index (χ1n) is 3.01. The fourth-order valence-electron chi connectivity index (χ4n) is 0.632. The molecule has 6 heteroatoms. The number of ether oxygens (including phenoxy) is 1. The summed E-state index contributed by atoms with van der Waals surface area (Å²) in [4.78, 5) is 10.5. The zero-order chi connectivity index (χ0) is 9.07. The van der Waals surface area contributed by atoms with Crippen LogP contribution in [0.3, 0.4) is 0 Å². The second kappa shape index (κ2) is 3.75. The average Bonchev–Trinajstić information content (AvgIpc) is 1.82. The summed E-state index contributed by atoms with van der Waals surface area (Å²) in [6.07, 6.45) is 0. The Labute approximate surface area is 63.9 Å². The number of carbonyl (C=O) groups excluding carboxylic acids is 1. The van der Waals surface area contributed by atoms with E-state index in [9.17, 15) is 17.1 Å². The third-order valence-corrected chi connectivity index (χ3v) is 2.22. The molecule has 0 aliphatic rings. The lowest BCUT2D eigenvalue weighted by atomic mass is 10.2. The van der Waals surface area contributed by atoms with Crippen LogP contribution in [-0.4, -0.2) is 22.2 Å². The summed E-state index contributed by atoms with van der Waals surface area (Å²) in [6.45, 7) is 1.21. The fourth-order valence-corrected chi connectivity index (χ4v) is 1.49. The normalized spacial score (nSPS) is 14.3. The first-order chi connectivity index (χ1) is 4.87. The van der Waals surface area contributed by atoms with E-state index in [0.29, 0.717) is 0 Å². The molecule has 0 saturated heterocycles. The van der Waals surface area contributed by atoms with Gasteiger partial charge < -0.3 is 4.74 Å². The second-order valence-corrected chi connectivity index (χ2v) is 3.88. The van der Waals surface area contributed by atoms with Crippen LogP contribution < -0.4 is 0 Å². The second-order valence-electron chi connectivity index (χ2n) is 2.24. The van der Waals surface area contributed by atoms with Gasteiger partial charge in [0.25, 0.3) is 0 Å². The van der Waals surface area contributed by atoms with Crippen LogP contribution in [0.15, 0.2) is 0 Å². The zero-order valence-electron chi connectivity index (χ0n) is 6.23. The van der Waals surface area contributed by atoms with E-state index in [1.54, 1.807) is 0 Å². The molecule has 1 atom stereocenters. The number of methoxy groups -OCH3 is 1. The molecule has 0 saturated carbocycles. The molecule has 0 aromatic heterocycles. The van der Waals surface area contributed by atoms with Crippen molar-refractivity contribution < 1.29 is 21.9 Å². The highest BCUT2D eigenvalue weighted by Crippen LogP contribution is 2.21. The van der Waals surface area contributed by atoms with Gasteiger partial charge in [-0.1, -0.05) is 6.92 Å². The highest BCUT2D eigenvalue weighted by Gasteiger charge is 2.40. The van der Waals surface area contributed by atoms with Gasteiger partial charge in [0.15, 0.2) is 0 Å². The van der Waals surface area contributed by atoms with E-state index in [1.165, 1.54) is 6.92 Å². The van der Waals surface area contributed by atoms with Crippen LogP contribution in [0.5, 0.6) is 0 Å². The van der Waals surface area contributed by atoms with Crippen molar-refractivity contribution in [2.75, 3.05) is 7.11 Å². The lowest BCUT2D eigenvalue weighted by Gasteiger charge is -2.08. The van der Waals surface area contributed by atoms with Crippen molar-refractivity contribution in [3.05, 3.63) is 0 Å². The largest absolute Gasteiger partial charge is 0.616 e. The predicted octanol–water partition coefficient (Wildman–Crippen LogP) is 1.64. The number of hydrogen-bond donors (Lipinski definition) is 0. The molecule has 0 heterocycles. The van der Waals surface area contributed by atoms with Gasteiger partial charge in [-0.05, 0) is 0 Å². The lowest BCUT2D eigenvalue weighted by molar-refractivity contribution is -0.144. The molecule has 11 heavy (non-hydrogen) atoms. The number of hydrogen-bond acceptors (Lipinski definition) is 2. The van der Waals surface area contributed by atoms with Gasteiger partial charge in [-0.25, -0.2) is 12.3 Å². The molecule has 0 fully saturated rings. The third kappa shape index (κ3) is 4.83. The Kier molecular flexibility index (Phi) is 3.57. The predicted molar refractivity (Wildman–Crippen MR) is 35.1 cm³/mol. The molecule has 0 radical (unpaired) electrons. The van der Waals surface area contributed by atoms with Crippen molar-refractivity contribution in [3.63, 3.8) is 0 Å². The molecule has 66 valence electrons. The minimum absolute atomic E-state index is 0.796. The molecule has 0 aromatic rings. The Balaban J connectivity index is 3.87. The minimum atomic E-state index is -5.60. The van der Waals surface area contributed by atoms with E-state index in [1.807, 2.05) is 0 Å². The Morgan fingerprint density at radius 1 is 1.55 bits per heavy atom. The van der Waals surface area contributed by atoms with E-state index in [-0.39, 0.29) is 0 Å². The third-order valence-electron chi connectivity index (χ3n) is 1.14. The molecule has 0 amide bonds. The van der Waals surface area contributed by atoms with Crippen LogP contribution in [0.1, 0.15) is 6.92 Å². The van der Waals surface area contributed by atoms with Gasteiger partial charge in [0.05, 0.1) is 13.0 Å². The molecule has 0 N–H and O–H groups in total. The Bertz CT molecular complexity index is 145. The Hall–Kier alpha value is -0.523. The van der Waals surface area contributed by atoms with Crippen LogP contribution in [0, 0.1) is 5.92 Å². The summed E-state index contributed by atoms with van der Waals surface area (Å²) >= 11 is 0. The number of rotatable bonds is 3. The summed E-state index contributed by atoms with van der Waals surface area (Å²) < 4.78 is 39.3. The molecule has 0 aliphatic heterocycles. The number of halogens is 3. The van der Waals surface area contributed by atoms with Gasteiger partial charge in [0.2, 0.25) is 0 Å². The van der Waals surface area contributed by atoms with Crippen LogP contribution in [0.2, 0.25) is 6.04 Å². The van der Waals surface area contributed by atoms with Gasteiger partial charge in [0.1, 0.15) is 0 Å². The lowest BCUT2D eigenvalue weighted by Crippen LogP contribution is -2.24. The summed E-state index contributed by atoms with van der Waals surface area (Å²) in [5, 5.41) is 0. The van der Waals surface area contributed by atoms with E-state index >= 15 is 0 Å². The van der Waals surface area contributed by atoms with Gasteiger partial charge in [-0.2, -0.15) is 0 Å². The quantitative estimate of drug-likeness (QED) is 0.380. The van der Waals surface area contributed by atoms with Crippen LogP contribution >= 0.6 is 0 Å². The van der Waals surface area contributed by atoms with Gasteiger partial charge >= 0.3 is 15.0 Å². The minimum Gasteiger partial charge on any atom is -0.469 e. The maximum atomic E-state index is 11.7. The first kappa shape index (κ1) is 10.5. The van der Waals surface area contributed by atoms with Crippen molar-refractivity contribution in [3.8, 4) is 0 Å². The molecule has 2 nitrogen and oxygen atoms in total. The fraction of sp³-hybridized carbons (Fsp3) is 0.800.